The number of carbonyl (C=O) groups is 1. The summed E-state index contributed by atoms with van der Waals surface area (Å²) in [4.78, 5) is 18.9. The molecule has 7 nitrogen and oxygen atoms in total. The molecule has 0 aliphatic carbocycles. The number of para-hydroxylation sites is 1. The molecule has 3 rings (SSSR count). The molecule has 1 atom stereocenters. The first-order valence-electron chi connectivity index (χ1n) is 8.03. The van der Waals surface area contributed by atoms with Crippen molar-refractivity contribution >= 4 is 11.6 Å². The molecule has 1 amide bonds. The summed E-state index contributed by atoms with van der Waals surface area (Å²) in [7, 11) is 2.01. The van der Waals surface area contributed by atoms with Gasteiger partial charge >= 0.3 is 0 Å². The molecule has 0 aliphatic rings. The highest BCUT2D eigenvalue weighted by molar-refractivity contribution is 5.92. The topological polar surface area (TPSA) is 75.9 Å². The highest BCUT2D eigenvalue weighted by Crippen LogP contribution is 2.13. The van der Waals surface area contributed by atoms with Crippen LogP contribution in [0.3, 0.4) is 0 Å². The van der Waals surface area contributed by atoms with E-state index in [1.165, 1.54) is 0 Å². The van der Waals surface area contributed by atoms with Crippen LogP contribution in [0.5, 0.6) is 0 Å². The average Bonchev–Trinajstić information content (AvgIpc) is 3.21. The number of rotatable bonds is 6. The lowest BCUT2D eigenvalue weighted by molar-refractivity contribution is 0.0946. The molecule has 0 bridgehead atoms. The van der Waals surface area contributed by atoms with Crippen LogP contribution in [0.15, 0.2) is 61.2 Å². The van der Waals surface area contributed by atoms with Crippen molar-refractivity contribution in [2.45, 2.75) is 13.0 Å². The van der Waals surface area contributed by atoms with Crippen LogP contribution in [-0.4, -0.2) is 45.3 Å². The van der Waals surface area contributed by atoms with Gasteiger partial charge in [0.2, 0.25) is 0 Å². The van der Waals surface area contributed by atoms with Crippen molar-refractivity contribution in [3.05, 3.63) is 66.9 Å². The second kappa shape index (κ2) is 7.57. The average molecular weight is 336 g/mol. The van der Waals surface area contributed by atoms with E-state index in [2.05, 4.69) is 32.3 Å². The molecule has 0 aliphatic heterocycles. The lowest BCUT2D eigenvalue weighted by atomic mass is 10.2. The number of carbonyl (C=O) groups excluding carboxylic acids is 1. The summed E-state index contributed by atoms with van der Waals surface area (Å²) in [6, 6.07) is 15.5. The zero-order valence-corrected chi connectivity index (χ0v) is 14.2. The van der Waals surface area contributed by atoms with Gasteiger partial charge in [-0.25, -0.2) is 4.98 Å². The number of benzene rings is 1. The minimum Gasteiger partial charge on any atom is -0.370 e. The number of likely N-dealkylation sites (N-methyl/N-ethyl adjacent to an activating group) is 1. The molecule has 0 spiro atoms. The first kappa shape index (κ1) is 16.6. The van der Waals surface area contributed by atoms with Crippen LogP contribution in [0, 0.1) is 0 Å². The van der Waals surface area contributed by atoms with Crippen molar-refractivity contribution in [2.24, 2.45) is 0 Å². The Labute approximate surface area is 146 Å². The van der Waals surface area contributed by atoms with E-state index in [-0.39, 0.29) is 11.9 Å². The van der Waals surface area contributed by atoms with Gasteiger partial charge in [-0.1, -0.05) is 24.3 Å². The van der Waals surface area contributed by atoms with E-state index in [0.717, 1.165) is 5.69 Å². The van der Waals surface area contributed by atoms with Gasteiger partial charge < -0.3 is 10.2 Å². The Kier molecular flexibility index (Phi) is 5.03. The summed E-state index contributed by atoms with van der Waals surface area (Å²) >= 11 is 0. The third kappa shape index (κ3) is 4.00. The fourth-order valence-electron chi connectivity index (χ4n) is 2.40. The standard InChI is InChI=1S/C18H20N6O/c1-14(23(2)15-7-4-3-5-8-15)11-19-18(25)16-9-6-10-17(22-16)24-12-20-21-13-24/h3-10,12-14H,11H2,1-2H3,(H,19,25). The molecule has 2 heterocycles. The van der Waals surface area contributed by atoms with E-state index in [0.29, 0.717) is 18.1 Å². The molecule has 0 saturated carbocycles. The summed E-state index contributed by atoms with van der Waals surface area (Å²) in [6.07, 6.45) is 3.09. The largest absolute Gasteiger partial charge is 0.370 e. The van der Waals surface area contributed by atoms with Gasteiger partial charge in [0.05, 0.1) is 0 Å². The van der Waals surface area contributed by atoms with Gasteiger partial charge in [0.15, 0.2) is 0 Å². The molecule has 0 saturated heterocycles. The Bertz CT molecular complexity index is 819. The van der Waals surface area contributed by atoms with Gasteiger partial charge in [0.1, 0.15) is 24.2 Å². The third-order valence-electron chi connectivity index (χ3n) is 4.03. The predicted molar refractivity (Wildman–Crippen MR) is 95.8 cm³/mol. The summed E-state index contributed by atoms with van der Waals surface area (Å²) in [5.41, 5.74) is 1.47. The molecule has 2 aromatic heterocycles. The molecule has 128 valence electrons. The predicted octanol–water partition coefficient (Wildman–Crippen LogP) is 1.92. The maximum atomic E-state index is 12.4. The molecule has 1 N–H and O–H groups in total. The van der Waals surface area contributed by atoms with Gasteiger partial charge in [0.25, 0.3) is 5.91 Å². The van der Waals surface area contributed by atoms with E-state index in [1.54, 1.807) is 35.4 Å². The highest BCUT2D eigenvalue weighted by atomic mass is 16.1. The zero-order chi connectivity index (χ0) is 17.6. The fourth-order valence-corrected chi connectivity index (χ4v) is 2.40. The Morgan fingerprint density at radius 2 is 1.84 bits per heavy atom. The first-order valence-corrected chi connectivity index (χ1v) is 8.03. The number of hydrogen-bond acceptors (Lipinski definition) is 5. The van der Waals surface area contributed by atoms with E-state index >= 15 is 0 Å². The number of anilines is 1. The third-order valence-corrected chi connectivity index (χ3v) is 4.03. The minimum atomic E-state index is -0.205. The van der Waals surface area contributed by atoms with E-state index in [4.69, 9.17) is 0 Å². The second-order valence-electron chi connectivity index (χ2n) is 5.76. The molecule has 1 unspecified atom stereocenters. The number of pyridine rings is 1. The Morgan fingerprint density at radius 3 is 2.56 bits per heavy atom. The molecular formula is C18H20N6O. The smallest absolute Gasteiger partial charge is 0.270 e. The number of nitrogens with one attached hydrogen (secondary N) is 1. The van der Waals surface area contributed by atoms with Crippen LogP contribution < -0.4 is 10.2 Å². The minimum absolute atomic E-state index is 0.146. The van der Waals surface area contributed by atoms with Crippen molar-refractivity contribution in [1.82, 2.24) is 25.1 Å². The van der Waals surface area contributed by atoms with Crippen LogP contribution in [0.2, 0.25) is 0 Å². The van der Waals surface area contributed by atoms with E-state index in [1.807, 2.05) is 37.4 Å². The van der Waals surface area contributed by atoms with Crippen molar-refractivity contribution in [2.75, 3.05) is 18.5 Å². The number of amides is 1. The van der Waals surface area contributed by atoms with Gasteiger partial charge in [0, 0.05) is 25.3 Å². The summed E-state index contributed by atoms with van der Waals surface area (Å²) in [6.45, 7) is 2.58. The van der Waals surface area contributed by atoms with Crippen molar-refractivity contribution in [3.63, 3.8) is 0 Å². The van der Waals surface area contributed by atoms with E-state index < -0.39 is 0 Å². The summed E-state index contributed by atoms with van der Waals surface area (Å²) in [5, 5.41) is 10.4. The lowest BCUT2D eigenvalue weighted by Gasteiger charge is -2.27. The maximum Gasteiger partial charge on any atom is 0.270 e. The monoisotopic (exact) mass is 336 g/mol. The Morgan fingerprint density at radius 1 is 1.12 bits per heavy atom. The van der Waals surface area contributed by atoms with Crippen LogP contribution in [0.4, 0.5) is 5.69 Å². The number of aromatic nitrogens is 4. The quantitative estimate of drug-likeness (QED) is 0.744. The Hall–Kier alpha value is -3.22. The van der Waals surface area contributed by atoms with Gasteiger partial charge in [-0.15, -0.1) is 10.2 Å². The van der Waals surface area contributed by atoms with Crippen LogP contribution >= 0.6 is 0 Å². The second-order valence-corrected chi connectivity index (χ2v) is 5.76. The molecule has 0 radical (unpaired) electrons. The fraction of sp³-hybridized carbons (Fsp3) is 0.222. The summed E-state index contributed by atoms with van der Waals surface area (Å²) in [5.74, 6) is 0.398. The number of nitrogens with zero attached hydrogens (tertiary/aromatic N) is 5. The van der Waals surface area contributed by atoms with Gasteiger partial charge in [-0.05, 0) is 31.2 Å². The molecule has 7 heteroatoms. The van der Waals surface area contributed by atoms with Gasteiger partial charge in [-0.2, -0.15) is 0 Å². The van der Waals surface area contributed by atoms with Crippen LogP contribution in [-0.2, 0) is 0 Å². The van der Waals surface area contributed by atoms with Crippen molar-refractivity contribution in [3.8, 4) is 5.82 Å². The highest BCUT2D eigenvalue weighted by Gasteiger charge is 2.13. The lowest BCUT2D eigenvalue weighted by Crippen LogP contribution is -2.40. The Balaban J connectivity index is 1.62. The molecule has 1 aromatic carbocycles. The maximum absolute atomic E-state index is 12.4. The van der Waals surface area contributed by atoms with E-state index in [9.17, 15) is 4.79 Å². The molecule has 0 fully saturated rings. The first-order chi connectivity index (χ1) is 12.1. The zero-order valence-electron chi connectivity index (χ0n) is 14.2. The van der Waals surface area contributed by atoms with Gasteiger partial charge in [-0.3, -0.25) is 9.36 Å². The number of hydrogen-bond donors (Lipinski definition) is 1. The molecular weight excluding hydrogens is 316 g/mol. The molecule has 3 aromatic rings. The SMILES string of the molecule is CC(CNC(=O)c1cccc(-n2cnnc2)n1)N(C)c1ccccc1. The van der Waals surface area contributed by atoms with Crippen molar-refractivity contribution < 1.29 is 4.79 Å². The summed E-state index contributed by atoms with van der Waals surface area (Å²) < 4.78 is 1.66. The van der Waals surface area contributed by atoms with Crippen LogP contribution in [0.1, 0.15) is 17.4 Å². The molecule has 25 heavy (non-hydrogen) atoms. The normalized spacial score (nSPS) is 11.8. The van der Waals surface area contributed by atoms with Crippen molar-refractivity contribution in [1.29, 1.82) is 0 Å². The van der Waals surface area contributed by atoms with Crippen LogP contribution in [0.25, 0.3) is 5.82 Å².